The topological polar surface area (TPSA) is 90.7 Å². The molecular weight excluding hydrogens is 178 g/mol. The van der Waals surface area contributed by atoms with Crippen LogP contribution < -0.4 is 5.73 Å². The van der Waals surface area contributed by atoms with Gasteiger partial charge in [-0.1, -0.05) is 12.8 Å². The molecular formula is C10H11N3O. The Bertz CT molecular complexity index is 370. The fraction of sp³-hybridized carbons (Fsp3) is 0.700. The Morgan fingerprint density at radius 2 is 1.93 bits per heavy atom. The summed E-state index contributed by atoms with van der Waals surface area (Å²) in [7, 11) is 0. The van der Waals surface area contributed by atoms with E-state index in [-0.39, 0.29) is 0 Å². The quantitative estimate of drug-likeness (QED) is 0.658. The molecule has 0 aliphatic heterocycles. The van der Waals surface area contributed by atoms with Crippen molar-refractivity contribution in [3.05, 3.63) is 0 Å². The summed E-state index contributed by atoms with van der Waals surface area (Å²) < 4.78 is 0. The second kappa shape index (κ2) is 2.48. The van der Waals surface area contributed by atoms with Crippen LogP contribution in [0, 0.1) is 39.4 Å². The van der Waals surface area contributed by atoms with Crippen LogP contribution in [0.1, 0.15) is 25.7 Å². The summed E-state index contributed by atoms with van der Waals surface area (Å²) in [5.41, 5.74) is 3.67. The largest absolute Gasteiger partial charge is 0.368 e. The van der Waals surface area contributed by atoms with Gasteiger partial charge in [0.1, 0.15) is 0 Å². The summed E-state index contributed by atoms with van der Waals surface area (Å²) in [6.07, 6.45) is 3.58. The van der Waals surface area contributed by atoms with Gasteiger partial charge in [0.15, 0.2) is 5.41 Å². The number of nitrogens with two attached hydrogens (primary N) is 1. The van der Waals surface area contributed by atoms with Crippen LogP contribution in [-0.4, -0.2) is 5.91 Å². The first-order valence-electron chi connectivity index (χ1n) is 4.76. The van der Waals surface area contributed by atoms with Gasteiger partial charge in [0.2, 0.25) is 5.91 Å². The Morgan fingerprint density at radius 1 is 1.36 bits per heavy atom. The average Bonchev–Trinajstić information content (AvgIpc) is 2.46. The predicted octanol–water partition coefficient (Wildman–Crippen LogP) is 0.695. The van der Waals surface area contributed by atoms with Gasteiger partial charge in [0.05, 0.1) is 18.1 Å². The number of carbonyl (C=O) groups is 1. The molecule has 2 N–H and O–H groups in total. The summed E-state index contributed by atoms with van der Waals surface area (Å²) >= 11 is 0. The zero-order chi connectivity index (χ0) is 10.4. The van der Waals surface area contributed by atoms with E-state index in [4.69, 9.17) is 16.3 Å². The van der Waals surface area contributed by atoms with E-state index < -0.39 is 22.7 Å². The first kappa shape index (κ1) is 9.02. The Hall–Kier alpha value is -1.55. The number of rotatable bonds is 1. The van der Waals surface area contributed by atoms with Gasteiger partial charge in [-0.3, -0.25) is 4.79 Å². The van der Waals surface area contributed by atoms with Crippen LogP contribution in [0.5, 0.6) is 0 Å². The van der Waals surface area contributed by atoms with E-state index in [1.54, 1.807) is 0 Å². The number of primary amides is 1. The van der Waals surface area contributed by atoms with Gasteiger partial charge in [-0.15, -0.1) is 0 Å². The lowest BCUT2D eigenvalue weighted by Gasteiger charge is -2.09. The number of hydrogen-bond donors (Lipinski definition) is 1. The maximum absolute atomic E-state index is 11.3. The molecule has 0 unspecified atom stereocenters. The molecule has 14 heavy (non-hydrogen) atoms. The smallest absolute Gasteiger partial charge is 0.239 e. The number of carbonyl (C=O) groups excluding carboxylic acids is 1. The molecule has 0 bridgehead atoms. The molecule has 1 amide bonds. The van der Waals surface area contributed by atoms with E-state index in [2.05, 4.69) is 6.07 Å². The monoisotopic (exact) mass is 189 g/mol. The molecule has 2 atom stereocenters. The Labute approximate surface area is 82.3 Å². The lowest BCUT2D eigenvalue weighted by Crippen LogP contribution is -2.28. The SMILES string of the molecule is N#C[C@H]1C2(CCCC2)[C@@]1(C#N)C(N)=O. The van der Waals surface area contributed by atoms with Crippen molar-refractivity contribution in [1.82, 2.24) is 0 Å². The van der Waals surface area contributed by atoms with Crippen LogP contribution in [0.3, 0.4) is 0 Å². The van der Waals surface area contributed by atoms with Crippen LogP contribution in [0.15, 0.2) is 0 Å². The number of amides is 1. The molecule has 4 heteroatoms. The first-order valence-corrected chi connectivity index (χ1v) is 4.76. The average molecular weight is 189 g/mol. The molecule has 2 aliphatic carbocycles. The van der Waals surface area contributed by atoms with Crippen molar-refractivity contribution in [2.24, 2.45) is 22.5 Å². The molecule has 72 valence electrons. The van der Waals surface area contributed by atoms with Gasteiger partial charge in [0, 0.05) is 5.41 Å². The van der Waals surface area contributed by atoms with E-state index in [9.17, 15) is 4.79 Å². The van der Waals surface area contributed by atoms with Crippen molar-refractivity contribution in [1.29, 1.82) is 10.5 Å². The fourth-order valence-electron chi connectivity index (χ4n) is 3.12. The fourth-order valence-corrected chi connectivity index (χ4v) is 3.12. The highest BCUT2D eigenvalue weighted by Gasteiger charge is 2.81. The minimum absolute atomic E-state index is 0.400. The van der Waals surface area contributed by atoms with Gasteiger partial charge < -0.3 is 5.73 Å². The third-order valence-corrected chi connectivity index (χ3v) is 3.88. The molecule has 0 aromatic heterocycles. The minimum Gasteiger partial charge on any atom is -0.368 e. The molecule has 2 fully saturated rings. The minimum atomic E-state index is -1.18. The molecule has 2 rings (SSSR count). The van der Waals surface area contributed by atoms with Crippen molar-refractivity contribution in [3.63, 3.8) is 0 Å². The standard InChI is InChI=1S/C10H11N3O/c11-5-7-9(3-1-2-4-9)10(7,6-12)8(13)14/h7H,1-4H2,(H2,13,14)/t7-,10+/m0/s1. The highest BCUT2D eigenvalue weighted by Crippen LogP contribution is 2.75. The molecule has 0 radical (unpaired) electrons. The van der Waals surface area contributed by atoms with Crippen LogP contribution in [0.2, 0.25) is 0 Å². The third kappa shape index (κ3) is 0.665. The normalized spacial score (nSPS) is 37.4. The molecule has 4 nitrogen and oxygen atoms in total. The zero-order valence-electron chi connectivity index (χ0n) is 7.79. The van der Waals surface area contributed by atoms with Gasteiger partial charge in [-0.25, -0.2) is 0 Å². The summed E-state index contributed by atoms with van der Waals surface area (Å²) in [5, 5.41) is 18.0. The number of hydrogen-bond acceptors (Lipinski definition) is 3. The number of nitrogens with zero attached hydrogens (tertiary/aromatic N) is 2. The highest BCUT2D eigenvalue weighted by atomic mass is 16.1. The molecule has 0 saturated heterocycles. The van der Waals surface area contributed by atoms with Gasteiger partial charge in [-0.05, 0) is 12.8 Å². The predicted molar refractivity (Wildman–Crippen MR) is 47.2 cm³/mol. The first-order chi connectivity index (χ1) is 6.65. The van der Waals surface area contributed by atoms with Crippen LogP contribution in [-0.2, 0) is 4.79 Å². The van der Waals surface area contributed by atoms with Gasteiger partial charge in [0.25, 0.3) is 0 Å². The molecule has 2 saturated carbocycles. The van der Waals surface area contributed by atoms with Crippen molar-refractivity contribution in [2.75, 3.05) is 0 Å². The van der Waals surface area contributed by atoms with Crippen LogP contribution in [0.4, 0.5) is 0 Å². The second-order valence-electron chi connectivity index (χ2n) is 4.21. The Balaban J connectivity index is 2.44. The van der Waals surface area contributed by atoms with Crippen molar-refractivity contribution in [3.8, 4) is 12.1 Å². The van der Waals surface area contributed by atoms with Gasteiger partial charge in [-0.2, -0.15) is 10.5 Å². The van der Waals surface area contributed by atoms with Crippen molar-refractivity contribution < 1.29 is 4.79 Å². The summed E-state index contributed by atoms with van der Waals surface area (Å²) in [4.78, 5) is 11.3. The Morgan fingerprint density at radius 3 is 2.21 bits per heavy atom. The van der Waals surface area contributed by atoms with Gasteiger partial charge >= 0.3 is 0 Å². The maximum Gasteiger partial charge on any atom is 0.239 e. The Kier molecular flexibility index (Phi) is 1.60. The molecule has 0 aromatic carbocycles. The summed E-state index contributed by atoms with van der Waals surface area (Å²) in [6.45, 7) is 0. The molecule has 0 aromatic rings. The van der Waals surface area contributed by atoms with Crippen molar-refractivity contribution >= 4 is 5.91 Å². The maximum atomic E-state index is 11.3. The summed E-state index contributed by atoms with van der Waals surface area (Å²) in [5.74, 6) is -1.09. The van der Waals surface area contributed by atoms with Crippen LogP contribution >= 0.6 is 0 Å². The molecule has 2 aliphatic rings. The number of nitriles is 2. The van der Waals surface area contributed by atoms with E-state index in [0.717, 1.165) is 25.7 Å². The molecule has 0 heterocycles. The summed E-state index contributed by atoms with van der Waals surface area (Å²) in [6, 6.07) is 4.06. The second-order valence-corrected chi connectivity index (χ2v) is 4.21. The van der Waals surface area contributed by atoms with E-state index in [0.29, 0.717) is 0 Å². The zero-order valence-corrected chi connectivity index (χ0v) is 7.79. The van der Waals surface area contributed by atoms with E-state index >= 15 is 0 Å². The van der Waals surface area contributed by atoms with Crippen LogP contribution in [0.25, 0.3) is 0 Å². The lowest BCUT2D eigenvalue weighted by molar-refractivity contribution is -0.122. The van der Waals surface area contributed by atoms with E-state index in [1.807, 2.05) is 6.07 Å². The molecule has 1 spiro atoms. The third-order valence-electron chi connectivity index (χ3n) is 3.88. The lowest BCUT2D eigenvalue weighted by atomic mass is 9.92. The van der Waals surface area contributed by atoms with Crippen molar-refractivity contribution in [2.45, 2.75) is 25.7 Å². The van der Waals surface area contributed by atoms with E-state index in [1.165, 1.54) is 0 Å². The highest BCUT2D eigenvalue weighted by molar-refractivity contribution is 5.90.